The molecule has 0 fully saturated rings. The number of aromatic nitrogens is 2. The number of fused-ring (bicyclic) bond motifs is 2. The first-order valence-corrected chi connectivity index (χ1v) is 16.0. The Bertz CT molecular complexity index is 2000. The molecule has 3 aromatic carbocycles. The van der Waals surface area contributed by atoms with E-state index in [9.17, 15) is 34.2 Å². The van der Waals surface area contributed by atoms with Crippen molar-refractivity contribution in [2.24, 2.45) is 5.73 Å². The molecule has 0 bridgehead atoms. The number of amides is 3. The predicted octanol–water partition coefficient (Wildman–Crippen LogP) is 2.11. The molecule has 0 aliphatic carbocycles. The van der Waals surface area contributed by atoms with Crippen LogP contribution >= 0.6 is 0 Å². The number of para-hydroxylation sites is 2. The number of rotatable bonds is 16. The van der Waals surface area contributed by atoms with Crippen molar-refractivity contribution in [3.63, 3.8) is 0 Å². The van der Waals surface area contributed by atoms with E-state index in [4.69, 9.17) is 10.8 Å². The Morgan fingerprint density at radius 3 is 1.70 bits per heavy atom. The van der Waals surface area contributed by atoms with Gasteiger partial charge in [-0.05, 0) is 53.8 Å². The molecule has 0 spiro atoms. The van der Waals surface area contributed by atoms with Gasteiger partial charge in [0.05, 0.1) is 6.04 Å². The third-order valence-corrected chi connectivity index (χ3v) is 8.45. The van der Waals surface area contributed by atoms with Crippen LogP contribution < -0.4 is 21.7 Å². The lowest BCUT2D eigenvalue weighted by atomic mass is 10.0. The van der Waals surface area contributed by atoms with Gasteiger partial charge in [-0.1, -0.05) is 48.5 Å². The molecule has 0 saturated carbocycles. The Labute approximate surface area is 286 Å². The number of carboxylic acid groups (broad SMARTS) is 2. The zero-order valence-corrected chi connectivity index (χ0v) is 26.9. The van der Waals surface area contributed by atoms with Crippen LogP contribution in [0.3, 0.4) is 0 Å². The van der Waals surface area contributed by atoms with Crippen LogP contribution in [0.2, 0.25) is 0 Å². The topological polar surface area (TPSA) is 240 Å². The number of aromatic hydroxyl groups is 1. The van der Waals surface area contributed by atoms with Gasteiger partial charge >= 0.3 is 11.9 Å². The van der Waals surface area contributed by atoms with Crippen LogP contribution in [0.4, 0.5) is 0 Å². The Hall–Kier alpha value is -6.15. The van der Waals surface area contributed by atoms with E-state index in [1.165, 1.54) is 12.1 Å². The fraction of sp³-hybridized carbons (Fsp3) is 0.250. The summed E-state index contributed by atoms with van der Waals surface area (Å²) in [6.45, 7) is 0. The van der Waals surface area contributed by atoms with Crippen molar-refractivity contribution in [2.75, 3.05) is 0 Å². The predicted molar refractivity (Wildman–Crippen MR) is 184 cm³/mol. The average Bonchev–Trinajstić information content (AvgIpc) is 3.70. The van der Waals surface area contributed by atoms with Crippen molar-refractivity contribution in [3.05, 3.63) is 102 Å². The highest BCUT2D eigenvalue weighted by Gasteiger charge is 2.31. The number of benzene rings is 3. The molecule has 10 N–H and O–H groups in total. The average molecular weight is 683 g/mol. The van der Waals surface area contributed by atoms with Crippen molar-refractivity contribution in [1.29, 1.82) is 0 Å². The first kappa shape index (κ1) is 35.2. The van der Waals surface area contributed by atoms with Crippen LogP contribution in [-0.2, 0) is 43.2 Å². The molecule has 14 heteroatoms. The number of nitrogens with two attached hydrogens (primary N) is 1. The van der Waals surface area contributed by atoms with Gasteiger partial charge in [-0.2, -0.15) is 0 Å². The molecular formula is C36H38N6O8. The lowest BCUT2D eigenvalue weighted by molar-refractivity contribution is -0.143. The second-order valence-corrected chi connectivity index (χ2v) is 12.1. The van der Waals surface area contributed by atoms with E-state index in [2.05, 4.69) is 25.9 Å². The van der Waals surface area contributed by atoms with E-state index in [0.717, 1.165) is 27.4 Å². The molecular weight excluding hydrogens is 644 g/mol. The van der Waals surface area contributed by atoms with Gasteiger partial charge in [-0.15, -0.1) is 0 Å². The van der Waals surface area contributed by atoms with Crippen LogP contribution in [0.1, 0.15) is 29.5 Å². The van der Waals surface area contributed by atoms with Gasteiger partial charge in [-0.3, -0.25) is 19.2 Å². The second kappa shape index (κ2) is 15.8. The number of hydrogen-bond donors (Lipinski definition) is 9. The van der Waals surface area contributed by atoms with Crippen molar-refractivity contribution >= 4 is 51.5 Å². The fourth-order valence-corrected chi connectivity index (χ4v) is 5.79. The fourth-order valence-electron chi connectivity index (χ4n) is 5.79. The number of aliphatic carboxylic acids is 2. The Balaban J connectivity index is 1.39. The van der Waals surface area contributed by atoms with E-state index in [1.54, 1.807) is 24.5 Å². The molecule has 0 aliphatic heterocycles. The normalized spacial score (nSPS) is 13.6. The minimum Gasteiger partial charge on any atom is -0.508 e. The van der Waals surface area contributed by atoms with Crippen LogP contribution in [0, 0.1) is 0 Å². The summed E-state index contributed by atoms with van der Waals surface area (Å²) in [7, 11) is 0. The van der Waals surface area contributed by atoms with Crippen LogP contribution in [0.25, 0.3) is 21.8 Å². The minimum atomic E-state index is -1.53. The lowest BCUT2D eigenvalue weighted by Crippen LogP contribution is -2.58. The minimum absolute atomic E-state index is 0.00545. The smallest absolute Gasteiger partial charge is 0.326 e. The quantitative estimate of drug-likeness (QED) is 0.0739. The molecule has 2 aromatic heterocycles. The van der Waals surface area contributed by atoms with E-state index >= 15 is 0 Å². The standard InChI is InChI=1S/C36H38N6O8/c37-26(16-21-18-38-27-7-3-1-5-24(21)27)33(46)41-30(15-20-9-11-23(43)12-10-20)34(47)42-31(17-22-19-39-28-8-4-2-6-25(22)28)35(48)40-29(36(49)50)13-14-32(44)45/h1-12,18-19,26,29-31,38-39,43H,13-17,37H2,(H,40,48)(H,41,46)(H,42,47)(H,44,45)(H,49,50). The molecule has 2 heterocycles. The van der Waals surface area contributed by atoms with Crippen LogP contribution in [0.15, 0.2) is 85.2 Å². The Kier molecular flexibility index (Phi) is 11.1. The number of hydrogen-bond acceptors (Lipinski definition) is 7. The monoisotopic (exact) mass is 682 g/mol. The van der Waals surface area contributed by atoms with Gasteiger partial charge in [0, 0.05) is 53.5 Å². The third kappa shape index (κ3) is 8.85. The molecule has 4 atom stereocenters. The number of phenols is 1. The number of H-pyrrole nitrogens is 2. The zero-order valence-electron chi connectivity index (χ0n) is 26.9. The highest BCUT2D eigenvalue weighted by atomic mass is 16.4. The highest BCUT2D eigenvalue weighted by molar-refractivity contribution is 5.95. The summed E-state index contributed by atoms with van der Waals surface area (Å²) in [5.41, 5.74) is 10.0. The first-order valence-electron chi connectivity index (χ1n) is 16.0. The maximum Gasteiger partial charge on any atom is 0.326 e. The molecule has 4 unspecified atom stereocenters. The van der Waals surface area contributed by atoms with Crippen molar-refractivity contribution in [1.82, 2.24) is 25.9 Å². The number of nitrogens with one attached hydrogen (secondary N) is 5. The molecule has 260 valence electrons. The van der Waals surface area contributed by atoms with Gasteiger partial charge < -0.3 is 47.0 Å². The summed E-state index contributed by atoms with van der Waals surface area (Å²) >= 11 is 0. The SMILES string of the molecule is NC(Cc1c[nH]c2ccccc12)C(=O)NC(Cc1ccc(O)cc1)C(=O)NC(Cc1c[nH]c2ccccc12)C(=O)NC(CCC(=O)O)C(=O)O. The highest BCUT2D eigenvalue weighted by Crippen LogP contribution is 2.21. The van der Waals surface area contributed by atoms with Crippen molar-refractivity contribution < 1.29 is 39.3 Å². The summed E-state index contributed by atoms with van der Waals surface area (Å²) in [4.78, 5) is 70.4. The van der Waals surface area contributed by atoms with Gasteiger partial charge in [0.15, 0.2) is 0 Å². The number of phenolic OH excluding ortho intramolecular Hbond substituents is 1. The van der Waals surface area contributed by atoms with Gasteiger partial charge in [0.25, 0.3) is 0 Å². The van der Waals surface area contributed by atoms with E-state index in [-0.39, 0.29) is 31.4 Å². The summed E-state index contributed by atoms with van der Waals surface area (Å²) in [6.07, 6.45) is 2.64. The maximum atomic E-state index is 14.0. The van der Waals surface area contributed by atoms with E-state index in [1.807, 2.05) is 48.5 Å². The zero-order chi connectivity index (χ0) is 35.8. The van der Waals surface area contributed by atoms with Gasteiger partial charge in [0.1, 0.15) is 23.9 Å². The van der Waals surface area contributed by atoms with Gasteiger partial charge in [-0.25, -0.2) is 4.79 Å². The maximum absolute atomic E-state index is 14.0. The second-order valence-electron chi connectivity index (χ2n) is 12.1. The van der Waals surface area contributed by atoms with Crippen LogP contribution in [0.5, 0.6) is 5.75 Å². The van der Waals surface area contributed by atoms with Crippen LogP contribution in [-0.4, -0.2) is 79.1 Å². The number of aromatic amines is 2. The molecule has 3 amide bonds. The summed E-state index contributed by atoms with van der Waals surface area (Å²) in [6, 6.07) is 15.8. The lowest BCUT2D eigenvalue weighted by Gasteiger charge is -2.25. The summed E-state index contributed by atoms with van der Waals surface area (Å²) < 4.78 is 0. The molecule has 50 heavy (non-hydrogen) atoms. The Morgan fingerprint density at radius 1 is 0.640 bits per heavy atom. The molecule has 0 radical (unpaired) electrons. The molecule has 14 nitrogen and oxygen atoms in total. The van der Waals surface area contributed by atoms with Crippen molar-refractivity contribution in [2.45, 2.75) is 56.3 Å². The van der Waals surface area contributed by atoms with Gasteiger partial charge in [0.2, 0.25) is 17.7 Å². The Morgan fingerprint density at radius 2 is 1.14 bits per heavy atom. The molecule has 5 rings (SSSR count). The molecule has 0 saturated heterocycles. The van der Waals surface area contributed by atoms with Crippen molar-refractivity contribution in [3.8, 4) is 5.75 Å². The molecule has 0 aliphatic rings. The third-order valence-electron chi connectivity index (χ3n) is 8.45. The number of carboxylic acids is 2. The largest absolute Gasteiger partial charge is 0.508 e. The number of carbonyl (C=O) groups is 5. The molecule has 5 aromatic rings. The summed E-state index contributed by atoms with van der Waals surface area (Å²) in [5.74, 6) is -4.88. The van der Waals surface area contributed by atoms with E-state index in [0.29, 0.717) is 11.1 Å². The summed E-state index contributed by atoms with van der Waals surface area (Å²) in [5, 5.41) is 38.0. The number of carbonyl (C=O) groups excluding carboxylic acids is 3. The van der Waals surface area contributed by atoms with E-state index < -0.39 is 60.2 Å². The first-order chi connectivity index (χ1) is 24.0.